The van der Waals surface area contributed by atoms with Crippen LogP contribution >= 0.6 is 0 Å². The van der Waals surface area contributed by atoms with Gasteiger partial charge in [-0.3, -0.25) is 9.59 Å². The summed E-state index contributed by atoms with van der Waals surface area (Å²) < 4.78 is 65.0. The van der Waals surface area contributed by atoms with Crippen molar-refractivity contribution in [2.75, 3.05) is 6.54 Å². The summed E-state index contributed by atoms with van der Waals surface area (Å²) in [4.78, 5) is 28.3. The number of nitrogens with one attached hydrogen (secondary N) is 2. The Labute approximate surface area is 196 Å². The minimum Gasteiger partial charge on any atom is -0.403 e. The molecule has 1 aliphatic rings. The number of nitrogens with two attached hydrogens (primary N) is 2. The standard InChI is InChI=1S/C20H25F5N8O2/c21-19(22)3-1-13(19)10-32(27)15(6-26)18(35)29-9-14-11-33-16(31-14)5-12(8-30-33)7-28-17(34)2-4-20(23,24)25/h5-6,8,11,13H,1-4,7,9-10,26-27H2,(H,28,34)(H,29,35)/b15-6-. The van der Waals surface area contributed by atoms with Crippen LogP contribution in [0.1, 0.15) is 36.9 Å². The highest BCUT2D eigenvalue weighted by molar-refractivity contribution is 5.92. The summed E-state index contributed by atoms with van der Waals surface area (Å²) in [5, 5.41) is 9.95. The Morgan fingerprint density at radius 3 is 2.63 bits per heavy atom. The summed E-state index contributed by atoms with van der Waals surface area (Å²) in [6.07, 6.45) is -2.32. The van der Waals surface area contributed by atoms with Gasteiger partial charge >= 0.3 is 6.18 Å². The Bertz CT molecular complexity index is 1100. The number of rotatable bonds is 10. The fourth-order valence-corrected chi connectivity index (χ4v) is 3.38. The number of nitrogens with zero attached hydrogens (tertiary/aromatic N) is 4. The minimum atomic E-state index is -4.41. The number of carbonyl (C=O) groups excluding carboxylic acids is 2. The number of alkyl halides is 5. The first-order valence-electron chi connectivity index (χ1n) is 10.6. The van der Waals surface area contributed by atoms with Crippen LogP contribution in [0.2, 0.25) is 0 Å². The van der Waals surface area contributed by atoms with Gasteiger partial charge in [0.1, 0.15) is 5.70 Å². The van der Waals surface area contributed by atoms with Gasteiger partial charge in [-0.15, -0.1) is 0 Å². The van der Waals surface area contributed by atoms with Crippen molar-refractivity contribution in [3.8, 4) is 0 Å². The number of hydrazine groups is 1. The number of hydrogen-bond donors (Lipinski definition) is 4. The normalized spacial score (nSPS) is 17.7. The Morgan fingerprint density at radius 2 is 2.03 bits per heavy atom. The van der Waals surface area contributed by atoms with E-state index in [1.165, 1.54) is 16.9 Å². The van der Waals surface area contributed by atoms with E-state index in [1.807, 2.05) is 0 Å². The predicted octanol–water partition coefficient (Wildman–Crippen LogP) is 1.33. The lowest BCUT2D eigenvalue weighted by atomic mass is 9.80. The maximum Gasteiger partial charge on any atom is 0.389 e. The van der Waals surface area contributed by atoms with Crippen molar-refractivity contribution in [2.45, 2.75) is 50.9 Å². The van der Waals surface area contributed by atoms with E-state index in [0.717, 1.165) is 11.2 Å². The van der Waals surface area contributed by atoms with Crippen LogP contribution in [0.4, 0.5) is 22.0 Å². The molecule has 0 bridgehead atoms. The number of halogens is 5. The smallest absolute Gasteiger partial charge is 0.389 e. The lowest BCUT2D eigenvalue weighted by molar-refractivity contribution is -0.144. The number of amides is 2. The van der Waals surface area contributed by atoms with Crippen LogP contribution in [0.15, 0.2) is 30.4 Å². The molecule has 1 atom stereocenters. The maximum atomic E-state index is 13.5. The molecule has 15 heteroatoms. The Hall–Kier alpha value is -3.49. The van der Waals surface area contributed by atoms with E-state index in [0.29, 0.717) is 23.3 Å². The molecule has 1 unspecified atom stereocenters. The zero-order chi connectivity index (χ0) is 25.8. The van der Waals surface area contributed by atoms with E-state index < -0.39 is 42.7 Å². The van der Waals surface area contributed by atoms with E-state index >= 15 is 0 Å². The molecule has 2 aromatic rings. The number of fused-ring (bicyclic) bond motifs is 1. The zero-order valence-corrected chi connectivity index (χ0v) is 18.5. The third-order valence-electron chi connectivity index (χ3n) is 5.52. The van der Waals surface area contributed by atoms with E-state index in [2.05, 4.69) is 20.7 Å². The summed E-state index contributed by atoms with van der Waals surface area (Å²) in [5.74, 6) is 0.582. The van der Waals surface area contributed by atoms with Crippen LogP contribution in [0, 0.1) is 5.92 Å². The van der Waals surface area contributed by atoms with Crippen molar-refractivity contribution >= 4 is 17.5 Å². The summed E-state index contributed by atoms with van der Waals surface area (Å²) in [6.45, 7) is -0.302. The van der Waals surface area contributed by atoms with Crippen molar-refractivity contribution in [1.29, 1.82) is 0 Å². The molecule has 1 aliphatic carbocycles. The lowest BCUT2D eigenvalue weighted by Crippen LogP contribution is -2.49. The second kappa shape index (κ2) is 10.4. The molecule has 2 amide bonds. The molecule has 1 fully saturated rings. The second-order valence-electron chi connectivity index (χ2n) is 8.17. The topological polar surface area (TPSA) is 144 Å². The number of carbonyl (C=O) groups is 2. The van der Waals surface area contributed by atoms with Crippen LogP contribution in [-0.2, 0) is 22.7 Å². The van der Waals surface area contributed by atoms with E-state index in [-0.39, 0.29) is 31.8 Å². The van der Waals surface area contributed by atoms with Crippen LogP contribution in [0.3, 0.4) is 0 Å². The van der Waals surface area contributed by atoms with Crippen molar-refractivity contribution in [2.24, 2.45) is 17.5 Å². The quantitative estimate of drug-likeness (QED) is 0.165. The highest BCUT2D eigenvalue weighted by atomic mass is 19.4. The first-order chi connectivity index (χ1) is 16.4. The first kappa shape index (κ1) is 26.1. The van der Waals surface area contributed by atoms with E-state index in [4.69, 9.17) is 11.6 Å². The van der Waals surface area contributed by atoms with Gasteiger partial charge in [0.25, 0.3) is 11.8 Å². The van der Waals surface area contributed by atoms with Gasteiger partial charge in [0.05, 0.1) is 31.1 Å². The first-order valence-corrected chi connectivity index (χ1v) is 10.6. The van der Waals surface area contributed by atoms with E-state index in [1.54, 1.807) is 6.07 Å². The minimum absolute atomic E-state index is 0.0316. The molecular weight excluding hydrogens is 479 g/mol. The summed E-state index contributed by atoms with van der Waals surface area (Å²) in [7, 11) is 0. The number of aromatic nitrogens is 3. The SMILES string of the molecule is N/C=C(/C(=O)NCc1cn2ncc(CNC(=O)CCC(F)(F)F)cc2n1)N(N)CC1CCC1(F)F. The van der Waals surface area contributed by atoms with Crippen LogP contribution in [0.5, 0.6) is 0 Å². The van der Waals surface area contributed by atoms with Crippen LogP contribution in [-0.4, -0.2) is 50.1 Å². The average Bonchev–Trinajstić information content (AvgIpc) is 3.20. The predicted molar refractivity (Wildman–Crippen MR) is 113 cm³/mol. The molecule has 10 nitrogen and oxygen atoms in total. The Kier molecular flexibility index (Phi) is 7.77. The average molecular weight is 504 g/mol. The fraction of sp³-hybridized carbons (Fsp3) is 0.500. The second-order valence-corrected chi connectivity index (χ2v) is 8.17. The lowest BCUT2D eigenvalue weighted by Gasteiger charge is -2.38. The molecule has 2 aromatic heterocycles. The Morgan fingerprint density at radius 1 is 1.29 bits per heavy atom. The molecule has 192 valence electrons. The third-order valence-corrected chi connectivity index (χ3v) is 5.52. The highest BCUT2D eigenvalue weighted by Gasteiger charge is 2.48. The summed E-state index contributed by atoms with van der Waals surface area (Å²) in [5.41, 5.74) is 6.59. The number of hydrogen-bond acceptors (Lipinski definition) is 7. The largest absolute Gasteiger partial charge is 0.403 e. The monoisotopic (exact) mass is 504 g/mol. The molecule has 35 heavy (non-hydrogen) atoms. The van der Waals surface area contributed by atoms with Crippen molar-refractivity contribution in [3.63, 3.8) is 0 Å². The van der Waals surface area contributed by atoms with Gasteiger partial charge in [-0.1, -0.05) is 0 Å². The molecule has 0 spiro atoms. The Balaban J connectivity index is 1.52. The molecule has 0 aromatic carbocycles. The maximum absolute atomic E-state index is 13.5. The van der Waals surface area contributed by atoms with Gasteiger partial charge in [0.2, 0.25) is 5.91 Å². The molecule has 1 saturated carbocycles. The summed E-state index contributed by atoms with van der Waals surface area (Å²) in [6, 6.07) is 1.58. The summed E-state index contributed by atoms with van der Waals surface area (Å²) >= 11 is 0. The van der Waals surface area contributed by atoms with Gasteiger partial charge in [-0.05, 0) is 18.1 Å². The zero-order valence-electron chi connectivity index (χ0n) is 18.5. The molecule has 2 heterocycles. The fourth-order valence-electron chi connectivity index (χ4n) is 3.38. The molecule has 0 radical (unpaired) electrons. The van der Waals surface area contributed by atoms with Gasteiger partial charge in [0, 0.05) is 38.0 Å². The molecule has 0 aliphatic heterocycles. The molecular formula is C20H25F5N8O2. The molecule has 0 saturated heterocycles. The molecule has 6 N–H and O–H groups in total. The van der Waals surface area contributed by atoms with Crippen molar-refractivity contribution in [1.82, 2.24) is 30.2 Å². The van der Waals surface area contributed by atoms with Crippen LogP contribution in [0.25, 0.3) is 5.65 Å². The third kappa shape index (κ3) is 7.00. The van der Waals surface area contributed by atoms with Crippen LogP contribution < -0.4 is 22.2 Å². The highest BCUT2D eigenvalue weighted by Crippen LogP contribution is 2.43. The number of imidazole rings is 1. The van der Waals surface area contributed by atoms with E-state index in [9.17, 15) is 31.5 Å². The van der Waals surface area contributed by atoms with Gasteiger partial charge < -0.3 is 21.4 Å². The van der Waals surface area contributed by atoms with Crippen molar-refractivity contribution < 1.29 is 31.5 Å². The van der Waals surface area contributed by atoms with Gasteiger partial charge in [-0.25, -0.2) is 24.1 Å². The van der Waals surface area contributed by atoms with Crippen molar-refractivity contribution in [3.05, 3.63) is 41.6 Å². The molecule has 3 rings (SSSR count). The van der Waals surface area contributed by atoms with Gasteiger partial charge in [0.15, 0.2) is 5.65 Å². The van der Waals surface area contributed by atoms with Gasteiger partial charge in [-0.2, -0.15) is 18.3 Å².